The highest BCUT2D eigenvalue weighted by molar-refractivity contribution is 7.98. The van der Waals surface area contributed by atoms with Crippen molar-refractivity contribution in [2.75, 3.05) is 58.3 Å². The van der Waals surface area contributed by atoms with Crippen molar-refractivity contribution in [3.8, 4) is 0 Å². The van der Waals surface area contributed by atoms with Crippen LogP contribution in [0.1, 0.15) is 25.7 Å². The molecule has 5 heteroatoms. The number of nitrogens with one attached hydrogen (secondary N) is 1. The van der Waals surface area contributed by atoms with E-state index in [1.54, 1.807) is 0 Å². The summed E-state index contributed by atoms with van der Waals surface area (Å²) in [5.41, 5.74) is 0. The van der Waals surface area contributed by atoms with Crippen LogP contribution in [0, 0.1) is 5.92 Å². The van der Waals surface area contributed by atoms with E-state index in [1.807, 2.05) is 18.8 Å². The third-order valence-corrected chi connectivity index (χ3v) is 5.02. The third kappa shape index (κ3) is 4.85. The zero-order valence-corrected chi connectivity index (χ0v) is 13.9. The molecule has 2 aliphatic heterocycles. The number of aliphatic imine (C=N–C) groups is 1. The van der Waals surface area contributed by atoms with Crippen molar-refractivity contribution >= 4 is 17.7 Å². The van der Waals surface area contributed by atoms with Gasteiger partial charge in [0, 0.05) is 33.2 Å². The smallest absolute Gasteiger partial charge is 0.193 e. The maximum atomic E-state index is 4.45. The molecule has 2 rings (SSSR count). The van der Waals surface area contributed by atoms with E-state index >= 15 is 0 Å². The highest BCUT2D eigenvalue weighted by Gasteiger charge is 2.27. The number of rotatable bonds is 6. The molecule has 0 amide bonds. The maximum Gasteiger partial charge on any atom is 0.193 e. The maximum absolute atomic E-state index is 4.45. The Kier molecular flexibility index (Phi) is 7.00. The van der Waals surface area contributed by atoms with Crippen LogP contribution in [0.15, 0.2) is 4.99 Å². The fourth-order valence-corrected chi connectivity index (χ4v) is 3.69. The summed E-state index contributed by atoms with van der Waals surface area (Å²) in [5, 5.41) is 3.51. The Morgan fingerprint density at radius 2 is 2.10 bits per heavy atom. The molecular weight excluding hydrogens is 268 g/mol. The van der Waals surface area contributed by atoms with Gasteiger partial charge in [-0.15, -0.1) is 0 Å². The van der Waals surface area contributed by atoms with E-state index in [1.165, 1.54) is 64.2 Å². The lowest BCUT2D eigenvalue weighted by Crippen LogP contribution is -2.41. The van der Waals surface area contributed by atoms with Crippen molar-refractivity contribution in [2.24, 2.45) is 10.9 Å². The van der Waals surface area contributed by atoms with Gasteiger partial charge in [-0.05, 0) is 56.7 Å². The van der Waals surface area contributed by atoms with E-state index < -0.39 is 0 Å². The molecule has 2 saturated heterocycles. The van der Waals surface area contributed by atoms with Crippen LogP contribution in [-0.2, 0) is 0 Å². The van der Waals surface area contributed by atoms with Gasteiger partial charge in [-0.2, -0.15) is 11.8 Å². The normalized spacial score (nSPS) is 24.6. The lowest BCUT2D eigenvalue weighted by atomic mass is 10.1. The van der Waals surface area contributed by atoms with E-state index in [9.17, 15) is 0 Å². The summed E-state index contributed by atoms with van der Waals surface area (Å²) in [6.45, 7) is 7.32. The van der Waals surface area contributed by atoms with Gasteiger partial charge in [-0.1, -0.05) is 0 Å². The first-order valence-corrected chi connectivity index (χ1v) is 9.39. The fraction of sp³-hybridized carbons (Fsp3) is 0.933. The average Bonchev–Trinajstić information content (AvgIpc) is 3.11. The summed E-state index contributed by atoms with van der Waals surface area (Å²) in [7, 11) is 1.91. The number of likely N-dealkylation sites (tertiary alicyclic amines) is 2. The van der Waals surface area contributed by atoms with Crippen LogP contribution in [0.2, 0.25) is 0 Å². The second-order valence-electron chi connectivity index (χ2n) is 5.93. The Morgan fingerprint density at radius 1 is 1.30 bits per heavy atom. The summed E-state index contributed by atoms with van der Waals surface area (Å²) < 4.78 is 0. The van der Waals surface area contributed by atoms with E-state index in [0.29, 0.717) is 0 Å². The molecule has 4 nitrogen and oxygen atoms in total. The second-order valence-corrected chi connectivity index (χ2v) is 6.91. The van der Waals surface area contributed by atoms with Crippen LogP contribution in [0.4, 0.5) is 0 Å². The van der Waals surface area contributed by atoms with Crippen LogP contribution in [-0.4, -0.2) is 74.1 Å². The van der Waals surface area contributed by atoms with Crippen LogP contribution >= 0.6 is 11.8 Å². The van der Waals surface area contributed by atoms with Gasteiger partial charge in [0.05, 0.1) is 0 Å². The van der Waals surface area contributed by atoms with Crippen molar-refractivity contribution < 1.29 is 0 Å². The molecular formula is C15H30N4S. The molecule has 0 aliphatic carbocycles. The summed E-state index contributed by atoms with van der Waals surface area (Å²) in [6, 6.07) is 0. The molecule has 20 heavy (non-hydrogen) atoms. The van der Waals surface area contributed by atoms with Crippen molar-refractivity contribution in [3.05, 3.63) is 0 Å². The van der Waals surface area contributed by atoms with Gasteiger partial charge >= 0.3 is 0 Å². The number of hydrogen-bond acceptors (Lipinski definition) is 3. The molecule has 2 aliphatic rings. The minimum absolute atomic E-state index is 0.831. The summed E-state index contributed by atoms with van der Waals surface area (Å²) in [6.07, 6.45) is 7.50. The Labute approximate surface area is 128 Å². The number of nitrogens with zero attached hydrogens (tertiary/aromatic N) is 3. The highest BCUT2D eigenvalue weighted by Crippen LogP contribution is 2.19. The minimum atomic E-state index is 0.831. The average molecular weight is 299 g/mol. The Balaban J connectivity index is 1.69. The molecule has 0 radical (unpaired) electrons. The number of hydrogen-bond donors (Lipinski definition) is 1. The summed E-state index contributed by atoms with van der Waals surface area (Å²) in [5.74, 6) is 3.16. The molecule has 1 N–H and O–H groups in total. The number of guanidine groups is 1. The van der Waals surface area contributed by atoms with Gasteiger partial charge in [0.1, 0.15) is 0 Å². The van der Waals surface area contributed by atoms with Gasteiger partial charge in [0.2, 0.25) is 0 Å². The first kappa shape index (κ1) is 16.0. The molecule has 2 fully saturated rings. The van der Waals surface area contributed by atoms with Crippen LogP contribution in [0.25, 0.3) is 0 Å². The second kappa shape index (κ2) is 8.78. The molecule has 0 aromatic carbocycles. The number of thioether (sulfide) groups is 1. The van der Waals surface area contributed by atoms with E-state index in [2.05, 4.69) is 26.4 Å². The molecule has 116 valence electrons. The quantitative estimate of drug-likeness (QED) is 0.460. The van der Waals surface area contributed by atoms with Gasteiger partial charge in [-0.3, -0.25) is 4.99 Å². The van der Waals surface area contributed by atoms with Crippen molar-refractivity contribution in [1.29, 1.82) is 0 Å². The highest BCUT2D eigenvalue weighted by atomic mass is 32.2. The summed E-state index contributed by atoms with van der Waals surface area (Å²) in [4.78, 5) is 9.53. The first-order valence-electron chi connectivity index (χ1n) is 8.00. The van der Waals surface area contributed by atoms with E-state index in [4.69, 9.17) is 0 Å². The lowest BCUT2D eigenvalue weighted by Gasteiger charge is -2.23. The van der Waals surface area contributed by atoms with Crippen LogP contribution in [0.5, 0.6) is 0 Å². The van der Waals surface area contributed by atoms with Gasteiger partial charge in [-0.25, -0.2) is 0 Å². The zero-order valence-electron chi connectivity index (χ0n) is 13.1. The Bertz CT molecular complexity index is 302. The van der Waals surface area contributed by atoms with Gasteiger partial charge in [0.15, 0.2) is 5.96 Å². The van der Waals surface area contributed by atoms with E-state index in [0.717, 1.165) is 18.4 Å². The molecule has 2 heterocycles. The third-order valence-electron chi connectivity index (χ3n) is 4.32. The van der Waals surface area contributed by atoms with E-state index in [-0.39, 0.29) is 0 Å². The predicted molar refractivity (Wildman–Crippen MR) is 89.7 cm³/mol. The monoisotopic (exact) mass is 298 g/mol. The zero-order chi connectivity index (χ0) is 14.2. The predicted octanol–water partition coefficient (Wildman–Crippen LogP) is 1.73. The van der Waals surface area contributed by atoms with Crippen molar-refractivity contribution in [3.63, 3.8) is 0 Å². The minimum Gasteiger partial charge on any atom is -0.356 e. The van der Waals surface area contributed by atoms with Crippen molar-refractivity contribution in [1.82, 2.24) is 15.1 Å². The van der Waals surface area contributed by atoms with Crippen LogP contribution < -0.4 is 5.32 Å². The largest absolute Gasteiger partial charge is 0.356 e. The molecule has 1 unspecified atom stereocenters. The standard InChI is InChI=1S/C15H30N4S/c1-16-15(17-7-5-11-20-2)19-10-6-14(13-19)12-18-8-3-4-9-18/h14H,3-13H2,1-2H3,(H,16,17). The summed E-state index contributed by atoms with van der Waals surface area (Å²) >= 11 is 1.91. The SMILES string of the molecule is CN=C(NCCCSC)N1CCC(CN2CCCC2)C1. The van der Waals surface area contributed by atoms with Crippen molar-refractivity contribution in [2.45, 2.75) is 25.7 Å². The molecule has 0 aromatic heterocycles. The first-order chi connectivity index (χ1) is 9.83. The van der Waals surface area contributed by atoms with Crippen LogP contribution in [0.3, 0.4) is 0 Å². The van der Waals surface area contributed by atoms with Gasteiger partial charge in [0.25, 0.3) is 0 Å². The lowest BCUT2D eigenvalue weighted by molar-refractivity contribution is 0.281. The Hall–Kier alpha value is -0.420. The molecule has 0 bridgehead atoms. The molecule has 0 saturated carbocycles. The molecule has 0 aromatic rings. The molecule has 0 spiro atoms. The topological polar surface area (TPSA) is 30.9 Å². The van der Waals surface area contributed by atoms with Gasteiger partial charge < -0.3 is 15.1 Å². The fourth-order valence-electron chi connectivity index (χ4n) is 3.25. The Morgan fingerprint density at radius 3 is 2.80 bits per heavy atom. The molecule has 1 atom stereocenters.